The molecule has 0 aliphatic carbocycles. The first-order valence-corrected chi connectivity index (χ1v) is 8.54. The van der Waals surface area contributed by atoms with Gasteiger partial charge in [-0.1, -0.05) is 12.1 Å². The number of thiophene rings is 1. The zero-order valence-electron chi connectivity index (χ0n) is 14.0. The molecule has 1 aromatic heterocycles. The first-order valence-electron chi connectivity index (χ1n) is 7.66. The molecule has 0 fully saturated rings. The minimum absolute atomic E-state index is 0.227. The molecule has 0 radical (unpaired) electrons. The van der Waals surface area contributed by atoms with Gasteiger partial charge in [0.25, 0.3) is 5.91 Å². The van der Waals surface area contributed by atoms with Crippen molar-refractivity contribution >= 4 is 34.9 Å². The monoisotopic (exact) mass is 361 g/mol. The van der Waals surface area contributed by atoms with Gasteiger partial charge in [0.2, 0.25) is 0 Å². The number of nitrogens with one attached hydrogen (secondary N) is 1. The second kappa shape index (κ2) is 8.98. The van der Waals surface area contributed by atoms with Crippen LogP contribution in [0.1, 0.15) is 27.2 Å². The lowest BCUT2D eigenvalue weighted by atomic mass is 10.1. The zero-order chi connectivity index (χ0) is 18.2. The van der Waals surface area contributed by atoms with E-state index in [1.807, 2.05) is 17.5 Å². The van der Waals surface area contributed by atoms with Gasteiger partial charge in [0.15, 0.2) is 6.61 Å². The van der Waals surface area contributed by atoms with Crippen LogP contribution >= 0.6 is 11.3 Å². The molecule has 132 valence electrons. The molecule has 25 heavy (non-hydrogen) atoms. The molecule has 1 amide bonds. The molecule has 1 heterocycles. The van der Waals surface area contributed by atoms with Gasteiger partial charge in [0.05, 0.1) is 19.1 Å². The van der Waals surface area contributed by atoms with E-state index in [1.165, 1.54) is 13.2 Å². The Labute approximate surface area is 149 Å². The highest BCUT2D eigenvalue weighted by molar-refractivity contribution is 7.09. The maximum Gasteiger partial charge on any atom is 0.337 e. The number of amides is 1. The SMILES string of the molecule is COC(=O)c1ccc(C)c(NC(=O)COC(=O)CCc2cccs2)c1. The number of hydrogen-bond donors (Lipinski definition) is 1. The van der Waals surface area contributed by atoms with E-state index < -0.39 is 17.8 Å². The summed E-state index contributed by atoms with van der Waals surface area (Å²) in [6.45, 7) is 1.43. The first-order chi connectivity index (χ1) is 12.0. The summed E-state index contributed by atoms with van der Waals surface area (Å²) in [7, 11) is 1.29. The molecule has 0 bridgehead atoms. The van der Waals surface area contributed by atoms with Gasteiger partial charge in [-0.25, -0.2) is 4.79 Å². The van der Waals surface area contributed by atoms with Gasteiger partial charge in [0.1, 0.15) is 0 Å². The molecule has 0 spiro atoms. The molecule has 0 aliphatic heterocycles. The molecule has 2 aromatic rings. The van der Waals surface area contributed by atoms with Crippen molar-refractivity contribution in [2.24, 2.45) is 0 Å². The first kappa shape index (κ1) is 18.7. The topological polar surface area (TPSA) is 81.7 Å². The zero-order valence-corrected chi connectivity index (χ0v) is 14.9. The summed E-state index contributed by atoms with van der Waals surface area (Å²) in [6, 6.07) is 8.71. The molecule has 2 rings (SSSR count). The van der Waals surface area contributed by atoms with Crippen LogP contribution in [0.2, 0.25) is 0 Å². The average Bonchev–Trinajstić information content (AvgIpc) is 3.13. The summed E-state index contributed by atoms with van der Waals surface area (Å²) in [6.07, 6.45) is 0.822. The van der Waals surface area contributed by atoms with E-state index in [1.54, 1.807) is 30.4 Å². The Morgan fingerprint density at radius 3 is 2.68 bits per heavy atom. The van der Waals surface area contributed by atoms with Crippen molar-refractivity contribution in [3.8, 4) is 0 Å². The minimum atomic E-state index is -0.490. The normalized spacial score (nSPS) is 10.2. The fourth-order valence-corrected chi connectivity index (χ4v) is 2.80. The molecular weight excluding hydrogens is 342 g/mol. The fraction of sp³-hybridized carbons (Fsp3) is 0.278. The van der Waals surface area contributed by atoms with Gasteiger partial charge in [-0.2, -0.15) is 0 Å². The summed E-state index contributed by atoms with van der Waals surface area (Å²) >= 11 is 1.57. The lowest BCUT2D eigenvalue weighted by Gasteiger charge is -2.10. The maximum atomic E-state index is 12.0. The van der Waals surface area contributed by atoms with Crippen LogP contribution in [0, 0.1) is 6.92 Å². The molecule has 0 saturated carbocycles. The summed E-state index contributed by atoms with van der Waals surface area (Å²) in [5, 5.41) is 4.58. The predicted molar refractivity (Wildman–Crippen MR) is 94.7 cm³/mol. The molecule has 0 aliphatic rings. The second-order valence-electron chi connectivity index (χ2n) is 5.31. The Balaban J connectivity index is 1.83. The number of esters is 2. The molecule has 6 nitrogen and oxygen atoms in total. The van der Waals surface area contributed by atoms with Gasteiger partial charge in [-0.05, 0) is 42.5 Å². The lowest BCUT2D eigenvalue weighted by molar-refractivity contribution is -0.147. The van der Waals surface area contributed by atoms with Crippen molar-refractivity contribution in [2.75, 3.05) is 19.0 Å². The number of carbonyl (C=O) groups is 3. The van der Waals surface area contributed by atoms with E-state index in [0.29, 0.717) is 17.7 Å². The molecule has 7 heteroatoms. The lowest BCUT2D eigenvalue weighted by Crippen LogP contribution is -2.21. The highest BCUT2D eigenvalue weighted by Gasteiger charge is 2.12. The summed E-state index contributed by atoms with van der Waals surface area (Å²) in [4.78, 5) is 36.3. The molecular formula is C18H19NO5S. The minimum Gasteiger partial charge on any atom is -0.465 e. The van der Waals surface area contributed by atoms with Crippen LogP contribution in [0.15, 0.2) is 35.7 Å². The van der Waals surface area contributed by atoms with E-state index in [2.05, 4.69) is 10.1 Å². The van der Waals surface area contributed by atoms with Crippen molar-refractivity contribution in [1.29, 1.82) is 0 Å². The van der Waals surface area contributed by atoms with E-state index >= 15 is 0 Å². The molecule has 0 unspecified atom stereocenters. The number of methoxy groups -OCH3 is 1. The van der Waals surface area contributed by atoms with E-state index in [0.717, 1.165) is 10.4 Å². The van der Waals surface area contributed by atoms with Gasteiger partial charge in [-0.15, -0.1) is 11.3 Å². The summed E-state index contributed by atoms with van der Waals surface area (Å²) in [5.74, 6) is -1.38. The Bertz CT molecular complexity index is 755. The number of anilines is 1. The van der Waals surface area contributed by atoms with Crippen LogP contribution in [0.5, 0.6) is 0 Å². The van der Waals surface area contributed by atoms with E-state index in [-0.39, 0.29) is 13.0 Å². The Morgan fingerprint density at radius 2 is 2.00 bits per heavy atom. The molecule has 0 saturated heterocycles. The van der Waals surface area contributed by atoms with Gasteiger partial charge in [0, 0.05) is 10.6 Å². The van der Waals surface area contributed by atoms with Crippen molar-refractivity contribution in [2.45, 2.75) is 19.8 Å². The van der Waals surface area contributed by atoms with Crippen molar-refractivity contribution in [3.63, 3.8) is 0 Å². The number of aryl methyl sites for hydroxylation is 2. The highest BCUT2D eigenvalue weighted by atomic mass is 32.1. The largest absolute Gasteiger partial charge is 0.465 e. The quantitative estimate of drug-likeness (QED) is 0.767. The van der Waals surface area contributed by atoms with Crippen LogP contribution in [0.4, 0.5) is 5.69 Å². The van der Waals surface area contributed by atoms with Crippen molar-refractivity contribution < 1.29 is 23.9 Å². The van der Waals surface area contributed by atoms with Gasteiger partial charge < -0.3 is 14.8 Å². The number of rotatable bonds is 7. The van der Waals surface area contributed by atoms with Crippen molar-refractivity contribution in [1.82, 2.24) is 0 Å². The third-order valence-corrected chi connectivity index (χ3v) is 4.39. The summed E-state index contributed by atoms with van der Waals surface area (Å²) < 4.78 is 9.63. The predicted octanol–water partition coefficient (Wildman–Crippen LogP) is 2.96. The van der Waals surface area contributed by atoms with Gasteiger partial charge in [-0.3, -0.25) is 9.59 Å². The Kier molecular flexibility index (Phi) is 6.71. The maximum absolute atomic E-state index is 12.0. The Morgan fingerprint density at radius 1 is 1.20 bits per heavy atom. The number of carbonyl (C=O) groups excluding carboxylic acids is 3. The van der Waals surface area contributed by atoms with Crippen LogP contribution < -0.4 is 5.32 Å². The number of hydrogen-bond acceptors (Lipinski definition) is 6. The third kappa shape index (κ3) is 5.72. The van der Waals surface area contributed by atoms with Crippen LogP contribution in [-0.4, -0.2) is 31.6 Å². The van der Waals surface area contributed by atoms with Gasteiger partial charge >= 0.3 is 11.9 Å². The Hall–Kier alpha value is -2.67. The van der Waals surface area contributed by atoms with Crippen LogP contribution in [-0.2, 0) is 25.5 Å². The molecule has 0 atom stereocenters. The second-order valence-corrected chi connectivity index (χ2v) is 6.34. The fourth-order valence-electron chi connectivity index (χ4n) is 2.09. The number of ether oxygens (including phenoxy) is 2. The standard InChI is InChI=1S/C18H19NO5S/c1-12-5-6-13(18(22)23-2)10-15(12)19-16(20)11-24-17(21)8-7-14-4-3-9-25-14/h3-6,9-10H,7-8,11H2,1-2H3,(H,19,20). The average molecular weight is 361 g/mol. The third-order valence-electron chi connectivity index (χ3n) is 3.45. The highest BCUT2D eigenvalue weighted by Crippen LogP contribution is 2.17. The van der Waals surface area contributed by atoms with Crippen LogP contribution in [0.25, 0.3) is 0 Å². The smallest absolute Gasteiger partial charge is 0.337 e. The van der Waals surface area contributed by atoms with Crippen molar-refractivity contribution in [3.05, 3.63) is 51.7 Å². The molecule has 1 aromatic carbocycles. The molecule has 1 N–H and O–H groups in total. The van der Waals surface area contributed by atoms with Crippen LogP contribution in [0.3, 0.4) is 0 Å². The van der Waals surface area contributed by atoms with E-state index in [9.17, 15) is 14.4 Å². The number of benzene rings is 1. The summed E-state index contributed by atoms with van der Waals surface area (Å²) in [5.41, 5.74) is 1.59. The van der Waals surface area contributed by atoms with E-state index in [4.69, 9.17) is 4.74 Å².